The van der Waals surface area contributed by atoms with Crippen molar-refractivity contribution in [2.75, 3.05) is 11.4 Å². The van der Waals surface area contributed by atoms with E-state index in [9.17, 15) is 9.18 Å². The van der Waals surface area contributed by atoms with Crippen LogP contribution in [0.25, 0.3) is 0 Å². The molecule has 2 nitrogen and oxygen atoms in total. The van der Waals surface area contributed by atoms with Crippen LogP contribution < -0.4 is 4.90 Å². The molecule has 0 aliphatic carbocycles. The van der Waals surface area contributed by atoms with Gasteiger partial charge >= 0.3 is 0 Å². The highest BCUT2D eigenvalue weighted by atomic mass is 35.5. The number of nitrogens with zero attached hydrogens (tertiary/aromatic N) is 1. The fourth-order valence-corrected chi connectivity index (χ4v) is 2.20. The molecule has 4 heteroatoms. The lowest BCUT2D eigenvalue weighted by molar-refractivity contribution is 0.0987. The molecule has 2 aromatic carbocycles. The molecule has 0 aliphatic heterocycles. The average molecular weight is 292 g/mol. The maximum atomic E-state index is 13.8. The molecule has 0 atom stereocenters. The second kappa shape index (κ2) is 6.53. The van der Waals surface area contributed by atoms with Gasteiger partial charge in [-0.25, -0.2) is 4.39 Å². The Labute approximate surface area is 122 Å². The third kappa shape index (κ3) is 2.99. The Hall–Kier alpha value is -1.87. The first-order valence-electron chi connectivity index (χ1n) is 6.38. The molecule has 0 unspecified atom stereocenters. The van der Waals surface area contributed by atoms with Crippen molar-refractivity contribution >= 4 is 23.2 Å². The van der Waals surface area contributed by atoms with E-state index in [1.54, 1.807) is 36.4 Å². The van der Waals surface area contributed by atoms with Crippen molar-refractivity contribution in [3.63, 3.8) is 0 Å². The molecule has 0 aromatic heterocycles. The van der Waals surface area contributed by atoms with Crippen LogP contribution in [0.4, 0.5) is 10.1 Å². The smallest absolute Gasteiger partial charge is 0.258 e. The first kappa shape index (κ1) is 14.5. The maximum absolute atomic E-state index is 13.8. The fraction of sp³-hybridized carbons (Fsp3) is 0.188. The summed E-state index contributed by atoms with van der Waals surface area (Å²) in [5.41, 5.74) is 1.66. The van der Waals surface area contributed by atoms with E-state index in [2.05, 4.69) is 0 Å². The number of benzene rings is 2. The minimum Gasteiger partial charge on any atom is -0.306 e. The van der Waals surface area contributed by atoms with Crippen molar-refractivity contribution in [1.82, 2.24) is 0 Å². The highest BCUT2D eigenvalue weighted by Crippen LogP contribution is 2.21. The quantitative estimate of drug-likeness (QED) is 0.772. The summed E-state index contributed by atoms with van der Waals surface area (Å²) in [6.45, 7) is 2.21. The van der Waals surface area contributed by atoms with Crippen molar-refractivity contribution in [3.05, 3.63) is 65.5 Å². The van der Waals surface area contributed by atoms with Gasteiger partial charge in [0.2, 0.25) is 0 Å². The highest BCUT2D eigenvalue weighted by molar-refractivity contribution is 6.17. The summed E-state index contributed by atoms with van der Waals surface area (Å²) in [4.78, 5) is 13.9. The van der Waals surface area contributed by atoms with Gasteiger partial charge in [-0.1, -0.05) is 24.3 Å². The summed E-state index contributed by atoms with van der Waals surface area (Å²) in [6.07, 6.45) is 0. The van der Waals surface area contributed by atoms with Crippen LogP contribution in [0, 0.1) is 5.82 Å². The molecule has 2 rings (SSSR count). The lowest BCUT2D eigenvalue weighted by Gasteiger charge is -2.21. The van der Waals surface area contributed by atoms with E-state index in [-0.39, 0.29) is 11.6 Å². The molecule has 2 aromatic rings. The lowest BCUT2D eigenvalue weighted by Crippen LogP contribution is -2.31. The van der Waals surface area contributed by atoms with E-state index in [1.165, 1.54) is 11.0 Å². The minimum atomic E-state index is -0.406. The van der Waals surface area contributed by atoms with Gasteiger partial charge in [0.25, 0.3) is 5.91 Å². The second-order valence-corrected chi connectivity index (χ2v) is 4.60. The molecule has 0 spiro atoms. The summed E-state index contributed by atoms with van der Waals surface area (Å²) in [7, 11) is 0. The van der Waals surface area contributed by atoms with Crippen LogP contribution in [0.2, 0.25) is 0 Å². The third-order valence-corrected chi connectivity index (χ3v) is 3.34. The van der Waals surface area contributed by atoms with Crippen LogP contribution in [0.5, 0.6) is 0 Å². The number of para-hydroxylation sites is 1. The second-order valence-electron chi connectivity index (χ2n) is 4.33. The molecule has 20 heavy (non-hydrogen) atoms. The molecular formula is C16H15ClFNO. The van der Waals surface area contributed by atoms with Gasteiger partial charge in [0.1, 0.15) is 5.82 Å². The molecule has 0 heterocycles. The van der Waals surface area contributed by atoms with Gasteiger partial charge in [0, 0.05) is 18.0 Å². The van der Waals surface area contributed by atoms with E-state index in [0.29, 0.717) is 18.0 Å². The standard InChI is InChI=1S/C16H15ClFNO/c1-2-19(15-9-4-3-8-14(15)18)16(20)13-7-5-6-12(10-13)11-17/h3-10H,2,11H2,1H3. The molecule has 0 N–H and O–H groups in total. The number of carbonyl (C=O) groups excluding carboxylic acids is 1. The van der Waals surface area contributed by atoms with E-state index >= 15 is 0 Å². The summed E-state index contributed by atoms with van der Waals surface area (Å²) < 4.78 is 13.8. The molecule has 0 radical (unpaired) electrons. The van der Waals surface area contributed by atoms with Crippen LogP contribution in [-0.4, -0.2) is 12.5 Å². The molecule has 0 saturated carbocycles. The number of amides is 1. The zero-order valence-electron chi connectivity index (χ0n) is 11.1. The molecular weight excluding hydrogens is 277 g/mol. The minimum absolute atomic E-state index is 0.232. The average Bonchev–Trinajstić information content (AvgIpc) is 2.49. The van der Waals surface area contributed by atoms with Gasteiger partial charge < -0.3 is 4.90 Å². The molecule has 0 fully saturated rings. The number of halogens is 2. The molecule has 0 bridgehead atoms. The number of anilines is 1. The molecule has 0 aliphatic rings. The van der Waals surface area contributed by atoms with Gasteiger partial charge in [-0.2, -0.15) is 0 Å². The largest absolute Gasteiger partial charge is 0.306 e. The number of alkyl halides is 1. The molecule has 0 saturated heterocycles. The van der Waals surface area contributed by atoms with Gasteiger partial charge in [-0.3, -0.25) is 4.79 Å². The zero-order chi connectivity index (χ0) is 14.5. The first-order valence-corrected chi connectivity index (χ1v) is 6.92. The zero-order valence-corrected chi connectivity index (χ0v) is 11.9. The van der Waals surface area contributed by atoms with Crippen LogP contribution in [-0.2, 0) is 5.88 Å². The number of hydrogen-bond donors (Lipinski definition) is 0. The Morgan fingerprint density at radius 1 is 1.20 bits per heavy atom. The number of carbonyl (C=O) groups is 1. The van der Waals surface area contributed by atoms with Crippen molar-refractivity contribution in [2.45, 2.75) is 12.8 Å². The topological polar surface area (TPSA) is 20.3 Å². The van der Waals surface area contributed by atoms with Gasteiger partial charge in [-0.15, -0.1) is 11.6 Å². The van der Waals surface area contributed by atoms with Crippen LogP contribution in [0.1, 0.15) is 22.8 Å². The van der Waals surface area contributed by atoms with E-state index < -0.39 is 5.82 Å². The van der Waals surface area contributed by atoms with E-state index in [1.807, 2.05) is 13.0 Å². The maximum Gasteiger partial charge on any atom is 0.258 e. The Balaban J connectivity index is 2.36. The monoisotopic (exact) mass is 291 g/mol. The van der Waals surface area contributed by atoms with Gasteiger partial charge in [-0.05, 0) is 36.8 Å². The Morgan fingerprint density at radius 3 is 2.60 bits per heavy atom. The van der Waals surface area contributed by atoms with Gasteiger partial charge in [0.05, 0.1) is 5.69 Å². The Bertz CT molecular complexity index is 615. The Kier molecular flexibility index (Phi) is 4.74. The normalized spacial score (nSPS) is 10.3. The SMILES string of the molecule is CCN(C(=O)c1cccc(CCl)c1)c1ccccc1F. The number of rotatable bonds is 4. The Morgan fingerprint density at radius 2 is 1.95 bits per heavy atom. The highest BCUT2D eigenvalue weighted by Gasteiger charge is 2.18. The van der Waals surface area contributed by atoms with Gasteiger partial charge in [0.15, 0.2) is 0 Å². The lowest BCUT2D eigenvalue weighted by atomic mass is 10.1. The summed E-state index contributed by atoms with van der Waals surface area (Å²) in [6, 6.07) is 13.3. The van der Waals surface area contributed by atoms with Crippen molar-refractivity contribution in [3.8, 4) is 0 Å². The molecule has 104 valence electrons. The third-order valence-electron chi connectivity index (χ3n) is 3.03. The van der Waals surface area contributed by atoms with E-state index in [4.69, 9.17) is 11.6 Å². The predicted molar refractivity (Wildman–Crippen MR) is 79.7 cm³/mol. The summed E-state index contributed by atoms with van der Waals surface area (Å²) >= 11 is 5.77. The molecule has 1 amide bonds. The fourth-order valence-electron chi connectivity index (χ4n) is 2.04. The van der Waals surface area contributed by atoms with Crippen molar-refractivity contribution < 1.29 is 9.18 Å². The van der Waals surface area contributed by atoms with E-state index in [0.717, 1.165) is 5.56 Å². The van der Waals surface area contributed by atoms with Crippen LogP contribution in [0.15, 0.2) is 48.5 Å². The number of hydrogen-bond acceptors (Lipinski definition) is 1. The van der Waals surface area contributed by atoms with Crippen LogP contribution in [0.3, 0.4) is 0 Å². The van der Waals surface area contributed by atoms with Crippen LogP contribution >= 0.6 is 11.6 Å². The summed E-state index contributed by atoms with van der Waals surface area (Å²) in [5, 5.41) is 0. The van der Waals surface area contributed by atoms with Crippen molar-refractivity contribution in [2.24, 2.45) is 0 Å². The summed E-state index contributed by atoms with van der Waals surface area (Å²) in [5.74, 6) is -0.298. The van der Waals surface area contributed by atoms with Crippen molar-refractivity contribution in [1.29, 1.82) is 0 Å². The first-order chi connectivity index (χ1) is 9.67. The predicted octanol–water partition coefficient (Wildman–Crippen LogP) is 4.23.